The van der Waals surface area contributed by atoms with Crippen molar-refractivity contribution in [1.82, 2.24) is 9.80 Å². The fraction of sp³-hybridized carbons (Fsp3) is 0.529. The van der Waals surface area contributed by atoms with Crippen molar-refractivity contribution in [3.63, 3.8) is 0 Å². The van der Waals surface area contributed by atoms with E-state index in [-0.39, 0.29) is 18.5 Å². The van der Waals surface area contributed by atoms with E-state index in [1.165, 1.54) is 7.11 Å². The van der Waals surface area contributed by atoms with E-state index in [2.05, 4.69) is 0 Å². The molecule has 6 nitrogen and oxygen atoms in total. The quantitative estimate of drug-likeness (QED) is 0.879. The Morgan fingerprint density at radius 1 is 1.38 bits per heavy atom. The summed E-state index contributed by atoms with van der Waals surface area (Å²) in [6.07, 6.45) is 2.48. The van der Waals surface area contributed by atoms with E-state index in [0.29, 0.717) is 29.4 Å². The number of rotatable bonds is 5. The summed E-state index contributed by atoms with van der Waals surface area (Å²) in [4.78, 5) is 27.3. The number of likely N-dealkylation sites (N-methyl/N-ethyl adjacent to an activating group) is 1. The van der Waals surface area contributed by atoms with Crippen molar-refractivity contribution in [3.05, 3.63) is 28.8 Å². The average Bonchev–Trinajstić information content (AvgIpc) is 2.79. The van der Waals surface area contributed by atoms with Gasteiger partial charge in [-0.05, 0) is 44.5 Å². The lowest BCUT2D eigenvalue weighted by atomic mass is 10.1. The smallest absolute Gasteiger partial charge is 0.317 e. The van der Waals surface area contributed by atoms with E-state index < -0.39 is 5.97 Å². The second-order valence-corrected chi connectivity index (χ2v) is 6.47. The number of halogens is 1. The van der Waals surface area contributed by atoms with Crippen molar-refractivity contribution in [2.75, 3.05) is 33.8 Å². The molecule has 1 aliphatic heterocycles. The molecule has 1 aliphatic rings. The van der Waals surface area contributed by atoms with Crippen molar-refractivity contribution in [2.45, 2.75) is 25.3 Å². The van der Waals surface area contributed by atoms with Crippen LogP contribution in [-0.2, 0) is 4.79 Å². The van der Waals surface area contributed by atoms with Gasteiger partial charge in [0.2, 0.25) is 0 Å². The molecule has 1 aromatic carbocycles. The summed E-state index contributed by atoms with van der Waals surface area (Å²) in [5.41, 5.74) is 0.499. The van der Waals surface area contributed by atoms with E-state index in [4.69, 9.17) is 21.4 Å². The lowest BCUT2D eigenvalue weighted by Crippen LogP contribution is -2.37. The zero-order chi connectivity index (χ0) is 17.7. The number of benzene rings is 1. The summed E-state index contributed by atoms with van der Waals surface area (Å²) < 4.78 is 5.27. The summed E-state index contributed by atoms with van der Waals surface area (Å²) in [6.45, 7) is 1.27. The lowest BCUT2D eigenvalue weighted by molar-refractivity contribution is -0.138. The van der Waals surface area contributed by atoms with Crippen LogP contribution in [0.3, 0.4) is 0 Å². The van der Waals surface area contributed by atoms with Crippen molar-refractivity contribution in [3.8, 4) is 5.75 Å². The number of hydrogen-bond donors (Lipinski definition) is 1. The number of carboxylic acids is 1. The predicted octanol–water partition coefficient (Wildman–Crippen LogP) is 2.36. The predicted molar refractivity (Wildman–Crippen MR) is 91.8 cm³/mol. The van der Waals surface area contributed by atoms with Gasteiger partial charge in [0.15, 0.2) is 0 Å². The van der Waals surface area contributed by atoms with E-state index >= 15 is 0 Å². The van der Waals surface area contributed by atoms with Crippen LogP contribution in [0.5, 0.6) is 5.75 Å². The van der Waals surface area contributed by atoms with Gasteiger partial charge in [-0.15, -0.1) is 0 Å². The molecule has 1 amide bonds. The molecule has 1 atom stereocenters. The van der Waals surface area contributed by atoms with Crippen molar-refractivity contribution < 1.29 is 19.4 Å². The van der Waals surface area contributed by atoms with Crippen LogP contribution in [0, 0.1) is 0 Å². The Kier molecular flexibility index (Phi) is 6.45. The Hall–Kier alpha value is -1.79. The molecule has 1 N–H and O–H groups in total. The lowest BCUT2D eigenvalue weighted by Gasteiger charge is -2.25. The summed E-state index contributed by atoms with van der Waals surface area (Å²) in [5.74, 6) is -0.443. The number of ether oxygens (including phenoxy) is 1. The molecule has 0 radical (unpaired) electrons. The normalized spacial score (nSPS) is 18.3. The molecule has 1 saturated heterocycles. The van der Waals surface area contributed by atoms with Crippen LogP contribution in [0.25, 0.3) is 0 Å². The van der Waals surface area contributed by atoms with E-state index in [0.717, 1.165) is 19.3 Å². The highest BCUT2D eigenvalue weighted by Crippen LogP contribution is 2.26. The fourth-order valence-corrected chi connectivity index (χ4v) is 3.24. The number of aliphatic carboxylic acids is 1. The van der Waals surface area contributed by atoms with E-state index in [9.17, 15) is 9.59 Å². The number of carbonyl (C=O) groups is 2. The molecule has 7 heteroatoms. The maximum Gasteiger partial charge on any atom is 0.317 e. The van der Waals surface area contributed by atoms with Crippen LogP contribution < -0.4 is 4.74 Å². The van der Waals surface area contributed by atoms with Crippen LogP contribution in [0.1, 0.15) is 29.6 Å². The van der Waals surface area contributed by atoms with Crippen LogP contribution in [0.2, 0.25) is 5.02 Å². The molecule has 132 valence electrons. The molecule has 24 heavy (non-hydrogen) atoms. The highest BCUT2D eigenvalue weighted by Gasteiger charge is 2.26. The Morgan fingerprint density at radius 3 is 2.79 bits per heavy atom. The largest absolute Gasteiger partial charge is 0.496 e. The number of likely N-dealkylation sites (tertiary alicyclic amines) is 1. The molecule has 0 saturated carbocycles. The third-order valence-corrected chi connectivity index (χ3v) is 4.62. The van der Waals surface area contributed by atoms with E-state index in [1.54, 1.807) is 23.1 Å². The van der Waals surface area contributed by atoms with Gasteiger partial charge >= 0.3 is 5.97 Å². The molecular weight excluding hydrogens is 332 g/mol. The van der Waals surface area contributed by atoms with E-state index in [1.807, 2.05) is 11.9 Å². The van der Waals surface area contributed by atoms with Crippen LogP contribution in [0.15, 0.2) is 18.2 Å². The molecule has 0 aromatic heterocycles. The Balaban J connectivity index is 2.06. The number of amides is 1. The minimum Gasteiger partial charge on any atom is -0.496 e. The first-order valence-corrected chi connectivity index (χ1v) is 8.35. The Bertz CT molecular complexity index is 608. The first-order chi connectivity index (χ1) is 11.4. The fourth-order valence-electron chi connectivity index (χ4n) is 3.08. The summed E-state index contributed by atoms with van der Waals surface area (Å²) in [6, 6.07) is 5.17. The zero-order valence-corrected chi connectivity index (χ0v) is 14.8. The maximum absolute atomic E-state index is 12.8. The number of carbonyl (C=O) groups excluding carboxylic acids is 1. The van der Waals surface area contributed by atoms with Gasteiger partial charge in [-0.2, -0.15) is 0 Å². The molecular formula is C17H23ClN2O4. The molecule has 1 heterocycles. The SMILES string of the molecule is COc1cc(Cl)ccc1C(=O)N1CCCC(N(C)CC(=O)O)CC1. The monoisotopic (exact) mass is 354 g/mol. The van der Waals surface area contributed by atoms with Gasteiger partial charge in [-0.25, -0.2) is 0 Å². The standard InChI is InChI=1S/C17H23ClN2O4/c1-19(11-16(21)22)13-4-3-8-20(9-7-13)17(23)14-6-5-12(18)10-15(14)24-2/h5-6,10,13H,3-4,7-9,11H2,1-2H3,(H,21,22). The molecule has 1 unspecified atom stereocenters. The maximum atomic E-state index is 12.8. The van der Waals surface area contributed by atoms with Crippen LogP contribution in [0.4, 0.5) is 0 Å². The first-order valence-electron chi connectivity index (χ1n) is 7.97. The van der Waals surface area contributed by atoms with Gasteiger partial charge < -0.3 is 14.7 Å². The summed E-state index contributed by atoms with van der Waals surface area (Å²) in [5, 5.41) is 9.45. The van der Waals surface area contributed by atoms with Crippen LogP contribution >= 0.6 is 11.6 Å². The first kappa shape index (κ1) is 18.5. The molecule has 2 rings (SSSR count). The van der Waals surface area contributed by atoms with Gasteiger partial charge in [-0.3, -0.25) is 14.5 Å². The number of nitrogens with zero attached hydrogens (tertiary/aromatic N) is 2. The minimum atomic E-state index is -0.833. The zero-order valence-electron chi connectivity index (χ0n) is 14.0. The summed E-state index contributed by atoms with van der Waals surface area (Å²) >= 11 is 5.95. The van der Waals surface area contributed by atoms with Gasteiger partial charge in [0, 0.05) is 24.2 Å². The number of hydrogen-bond acceptors (Lipinski definition) is 4. The number of carboxylic acid groups (broad SMARTS) is 1. The third kappa shape index (κ3) is 4.61. The summed E-state index contributed by atoms with van der Waals surface area (Å²) in [7, 11) is 3.33. The number of methoxy groups -OCH3 is 1. The van der Waals surface area contributed by atoms with Gasteiger partial charge in [0.05, 0.1) is 19.2 Å². The topological polar surface area (TPSA) is 70.1 Å². The minimum absolute atomic E-state index is 0.0175. The van der Waals surface area contributed by atoms with Crippen molar-refractivity contribution in [1.29, 1.82) is 0 Å². The second-order valence-electron chi connectivity index (χ2n) is 6.03. The highest BCUT2D eigenvalue weighted by molar-refractivity contribution is 6.30. The van der Waals surface area contributed by atoms with Crippen molar-refractivity contribution in [2.24, 2.45) is 0 Å². The van der Waals surface area contributed by atoms with Crippen LogP contribution in [-0.4, -0.2) is 66.6 Å². The Morgan fingerprint density at radius 2 is 2.12 bits per heavy atom. The molecule has 0 spiro atoms. The molecule has 1 aromatic rings. The molecule has 1 fully saturated rings. The highest BCUT2D eigenvalue weighted by atomic mass is 35.5. The Labute approximate surface area is 146 Å². The van der Waals surface area contributed by atoms with Crippen molar-refractivity contribution >= 4 is 23.5 Å². The third-order valence-electron chi connectivity index (χ3n) is 4.39. The van der Waals surface area contributed by atoms with Gasteiger partial charge in [0.1, 0.15) is 5.75 Å². The van der Waals surface area contributed by atoms with Gasteiger partial charge in [-0.1, -0.05) is 11.6 Å². The second kappa shape index (κ2) is 8.35. The molecule has 0 bridgehead atoms. The van der Waals surface area contributed by atoms with Gasteiger partial charge in [0.25, 0.3) is 5.91 Å². The molecule has 0 aliphatic carbocycles. The average molecular weight is 355 g/mol.